The van der Waals surface area contributed by atoms with Crippen LogP contribution in [0.3, 0.4) is 0 Å². The first-order valence-corrected chi connectivity index (χ1v) is 10.5. The van der Waals surface area contributed by atoms with Gasteiger partial charge in [0.25, 0.3) is 10.0 Å². The van der Waals surface area contributed by atoms with Gasteiger partial charge in [0.2, 0.25) is 0 Å². The minimum Gasteiger partial charge on any atom is -0.485 e. The van der Waals surface area contributed by atoms with E-state index in [1.54, 1.807) is 6.07 Å². The largest absolute Gasteiger partial charge is 0.485 e. The summed E-state index contributed by atoms with van der Waals surface area (Å²) in [7, 11) is -3.20. The van der Waals surface area contributed by atoms with Gasteiger partial charge in [0.15, 0.2) is 0 Å². The van der Waals surface area contributed by atoms with Crippen LogP contribution >= 0.6 is 15.9 Å². The Hall–Kier alpha value is -2.85. The maximum absolute atomic E-state index is 14.9. The molecule has 29 heavy (non-hydrogen) atoms. The zero-order valence-corrected chi connectivity index (χ0v) is 17.3. The van der Waals surface area contributed by atoms with Crippen LogP contribution in [0.1, 0.15) is 16.1 Å². The summed E-state index contributed by atoms with van der Waals surface area (Å²) in [5.74, 6) is 0.0469. The lowest BCUT2D eigenvalue weighted by atomic mass is 9.98. The van der Waals surface area contributed by atoms with Crippen LogP contribution in [0.2, 0.25) is 0 Å². The van der Waals surface area contributed by atoms with Gasteiger partial charge >= 0.3 is 5.97 Å². The lowest BCUT2D eigenvalue weighted by molar-refractivity contribution is 0.0600. The van der Waals surface area contributed by atoms with Crippen molar-refractivity contribution in [2.45, 2.75) is 11.5 Å². The average Bonchev–Trinajstić information content (AvgIpc) is 3.17. The number of sulfonamides is 1. The fourth-order valence-electron chi connectivity index (χ4n) is 3.03. The van der Waals surface area contributed by atoms with E-state index in [9.17, 15) is 17.7 Å². The average molecular weight is 482 g/mol. The van der Waals surface area contributed by atoms with E-state index in [0.717, 1.165) is 0 Å². The van der Waals surface area contributed by atoms with Crippen molar-refractivity contribution in [3.63, 3.8) is 0 Å². The van der Waals surface area contributed by atoms with Crippen LogP contribution < -0.4 is 9.26 Å². The van der Waals surface area contributed by atoms with E-state index in [2.05, 4.69) is 15.9 Å². The van der Waals surface area contributed by atoms with Crippen molar-refractivity contribution in [1.29, 1.82) is 0 Å². The van der Waals surface area contributed by atoms with Gasteiger partial charge in [-0.1, -0.05) is 21.1 Å². The van der Waals surface area contributed by atoms with Gasteiger partial charge in [-0.25, -0.2) is 4.79 Å². The predicted octanol–water partition coefficient (Wildman–Crippen LogP) is 4.47. The van der Waals surface area contributed by atoms with Crippen LogP contribution in [-0.2, 0) is 21.4 Å². The second kappa shape index (κ2) is 7.20. The molecule has 10 heteroatoms. The van der Waals surface area contributed by atoms with Gasteiger partial charge in [-0.15, -0.1) is 0 Å². The van der Waals surface area contributed by atoms with Crippen LogP contribution in [0.15, 0.2) is 62.5 Å². The van der Waals surface area contributed by atoms with Crippen molar-refractivity contribution in [3.8, 4) is 16.9 Å². The number of carbonyl (C=O) groups excluding carboxylic acids is 1. The maximum atomic E-state index is 14.9. The van der Waals surface area contributed by atoms with Gasteiger partial charge in [-0.2, -0.15) is 8.42 Å². The Bertz CT molecular complexity index is 1220. The van der Waals surface area contributed by atoms with E-state index in [1.807, 2.05) is 0 Å². The highest BCUT2D eigenvalue weighted by atomic mass is 79.9. The molecular formula is C19H13BrFNO6S. The number of nitrogens with zero attached hydrogens (tertiary/aromatic N) is 1. The van der Waals surface area contributed by atoms with E-state index in [1.165, 1.54) is 49.8 Å². The number of benzene rings is 2. The molecule has 2 aromatic carbocycles. The fraction of sp³-hybridized carbons (Fsp3) is 0.105. The number of methoxy groups -OCH3 is 1. The number of fused-ring (bicyclic) bond motifs is 3. The summed E-state index contributed by atoms with van der Waals surface area (Å²) in [6.45, 7) is 0.00600. The van der Waals surface area contributed by atoms with Crippen molar-refractivity contribution in [3.05, 3.63) is 64.5 Å². The number of hydrogen-bond donors (Lipinski definition) is 0. The van der Waals surface area contributed by atoms with Crippen LogP contribution in [0.5, 0.6) is 5.75 Å². The highest BCUT2D eigenvalue weighted by molar-refractivity contribution is 9.10. The summed E-state index contributed by atoms with van der Waals surface area (Å²) < 4.78 is 55.9. The first-order chi connectivity index (χ1) is 13.8. The minimum atomic E-state index is -4.45. The molecule has 0 fully saturated rings. The van der Waals surface area contributed by atoms with E-state index >= 15 is 0 Å². The van der Waals surface area contributed by atoms with Crippen LogP contribution in [0.4, 0.5) is 10.2 Å². The van der Waals surface area contributed by atoms with Crippen LogP contribution in [0.25, 0.3) is 11.1 Å². The van der Waals surface area contributed by atoms with E-state index in [4.69, 9.17) is 13.9 Å². The van der Waals surface area contributed by atoms with E-state index in [-0.39, 0.29) is 37.5 Å². The van der Waals surface area contributed by atoms with Crippen molar-refractivity contribution >= 4 is 37.6 Å². The molecule has 0 spiro atoms. The molecule has 0 aliphatic carbocycles. The molecule has 0 saturated carbocycles. The molecule has 150 valence electrons. The number of halogens is 2. The first kappa shape index (κ1) is 19.5. The predicted molar refractivity (Wildman–Crippen MR) is 105 cm³/mol. The molecule has 2 heterocycles. The van der Waals surface area contributed by atoms with E-state index in [0.29, 0.717) is 16.9 Å². The number of ether oxygens (including phenoxy) is 2. The highest BCUT2D eigenvalue weighted by Gasteiger charge is 2.31. The van der Waals surface area contributed by atoms with Gasteiger partial charge in [0.1, 0.15) is 34.8 Å². The molecule has 0 N–H and O–H groups in total. The Labute approximate surface area is 173 Å². The molecular weight excluding hydrogens is 469 g/mol. The van der Waals surface area contributed by atoms with Crippen molar-refractivity contribution < 1.29 is 31.6 Å². The standard InChI is InChI=1S/C19H13BrFNO6S/c1-26-19(23)13-9-27-16-10-28-15-8-11(6-7-12(15)18(13)16)22(21)29(24,25)17-5-3-2-4-14(17)20/h2-9H,10H2,1H3. The zero-order valence-electron chi connectivity index (χ0n) is 14.9. The number of hydrogen-bond acceptors (Lipinski definition) is 6. The third-order valence-electron chi connectivity index (χ3n) is 4.39. The van der Waals surface area contributed by atoms with Gasteiger partial charge in [0, 0.05) is 21.7 Å². The summed E-state index contributed by atoms with van der Waals surface area (Å²) in [5.41, 5.74) is 0.906. The monoisotopic (exact) mass is 481 g/mol. The fourth-order valence-corrected chi connectivity index (χ4v) is 5.06. The van der Waals surface area contributed by atoms with Gasteiger partial charge in [-0.05, 0) is 40.2 Å². The number of anilines is 1. The summed E-state index contributed by atoms with van der Waals surface area (Å²) >= 11 is 3.12. The molecule has 4 rings (SSSR count). The van der Waals surface area contributed by atoms with Crippen molar-refractivity contribution in [1.82, 2.24) is 0 Å². The highest BCUT2D eigenvalue weighted by Crippen LogP contribution is 2.43. The van der Waals surface area contributed by atoms with Crippen molar-refractivity contribution in [2.24, 2.45) is 0 Å². The Kier molecular flexibility index (Phi) is 4.83. The molecule has 3 aromatic rings. The van der Waals surface area contributed by atoms with E-state index < -0.39 is 16.0 Å². The van der Waals surface area contributed by atoms with Crippen LogP contribution in [-0.4, -0.2) is 21.5 Å². The Balaban J connectivity index is 1.76. The quantitative estimate of drug-likeness (QED) is 0.403. The molecule has 0 radical (unpaired) electrons. The summed E-state index contributed by atoms with van der Waals surface area (Å²) in [6.07, 6.45) is 1.27. The molecule has 1 aromatic heterocycles. The molecule has 0 unspecified atom stereocenters. The Morgan fingerprint density at radius 3 is 2.72 bits per heavy atom. The molecule has 0 atom stereocenters. The lowest BCUT2D eigenvalue weighted by Gasteiger charge is -2.20. The minimum absolute atomic E-state index is 0.00600. The second-order valence-corrected chi connectivity index (χ2v) is 8.62. The normalized spacial score (nSPS) is 12.5. The third-order valence-corrected chi connectivity index (χ3v) is 6.89. The lowest BCUT2D eigenvalue weighted by Crippen LogP contribution is -2.23. The summed E-state index contributed by atoms with van der Waals surface area (Å²) in [6, 6.07) is 9.91. The smallest absolute Gasteiger partial charge is 0.341 e. The molecule has 0 saturated heterocycles. The summed E-state index contributed by atoms with van der Waals surface area (Å²) in [5, 5.41) is 0. The Morgan fingerprint density at radius 2 is 2.00 bits per heavy atom. The second-order valence-electron chi connectivity index (χ2n) is 6.06. The van der Waals surface area contributed by atoms with Crippen molar-refractivity contribution in [2.75, 3.05) is 11.6 Å². The van der Waals surface area contributed by atoms with Gasteiger partial charge in [-0.3, -0.25) is 0 Å². The number of rotatable bonds is 4. The molecule has 7 nitrogen and oxygen atoms in total. The summed E-state index contributed by atoms with van der Waals surface area (Å²) in [4.78, 5) is 11.8. The zero-order chi connectivity index (χ0) is 20.8. The molecule has 1 aliphatic heterocycles. The van der Waals surface area contributed by atoms with Gasteiger partial charge < -0.3 is 13.9 Å². The topological polar surface area (TPSA) is 86.0 Å². The van der Waals surface area contributed by atoms with Gasteiger partial charge in [0.05, 0.1) is 12.8 Å². The molecule has 0 amide bonds. The number of carbonyl (C=O) groups is 1. The third kappa shape index (κ3) is 3.18. The molecule has 0 bridgehead atoms. The Morgan fingerprint density at radius 1 is 1.24 bits per heavy atom. The SMILES string of the molecule is COC(=O)c1coc2c1-c1ccc(N(F)S(=O)(=O)c3ccccc3Br)cc1OC2. The number of esters is 1. The molecule has 1 aliphatic rings. The number of furan rings is 1. The maximum Gasteiger partial charge on any atom is 0.341 e. The van der Waals surface area contributed by atoms with Crippen LogP contribution in [0, 0.1) is 0 Å². The first-order valence-electron chi connectivity index (χ1n) is 8.26.